The zero-order valence-corrected chi connectivity index (χ0v) is 13.7. The summed E-state index contributed by atoms with van der Waals surface area (Å²) in [6.07, 6.45) is 3.22. The van der Waals surface area contributed by atoms with Crippen LogP contribution in [0.3, 0.4) is 0 Å². The van der Waals surface area contributed by atoms with Crippen LogP contribution in [0.4, 0.5) is 0 Å². The van der Waals surface area contributed by atoms with E-state index in [1.165, 1.54) is 5.56 Å². The zero-order chi connectivity index (χ0) is 17.3. The Morgan fingerprint density at radius 2 is 1.96 bits per heavy atom. The van der Waals surface area contributed by atoms with Crippen LogP contribution in [-0.2, 0) is 22.4 Å². The monoisotopic (exact) mass is 330 g/mol. The van der Waals surface area contributed by atoms with E-state index >= 15 is 0 Å². The van der Waals surface area contributed by atoms with Gasteiger partial charge in [-0.25, -0.2) is 4.79 Å². The molecule has 0 bridgehead atoms. The van der Waals surface area contributed by atoms with E-state index in [-0.39, 0.29) is 38.3 Å². The Labute approximate surface area is 140 Å². The maximum Gasteiger partial charge on any atom is 0.335 e. The molecule has 1 aromatic heterocycles. The van der Waals surface area contributed by atoms with Gasteiger partial charge in [-0.3, -0.25) is 4.79 Å². The van der Waals surface area contributed by atoms with Crippen LogP contribution in [0.15, 0.2) is 24.4 Å². The molecule has 24 heavy (non-hydrogen) atoms. The van der Waals surface area contributed by atoms with E-state index in [0.29, 0.717) is 0 Å². The topological polar surface area (TPSA) is 93.6 Å². The number of nitrogens with one attached hydrogen (secondary N) is 1. The predicted molar refractivity (Wildman–Crippen MR) is 89.8 cm³/mol. The van der Waals surface area contributed by atoms with E-state index < -0.39 is 11.6 Å². The number of piperidine rings is 1. The molecule has 0 aliphatic carbocycles. The molecular formula is C18H22N2O4. The van der Waals surface area contributed by atoms with Gasteiger partial charge in [0.2, 0.25) is 5.91 Å². The Morgan fingerprint density at radius 1 is 1.25 bits per heavy atom. The average Bonchev–Trinajstić information content (AvgIpc) is 2.98. The van der Waals surface area contributed by atoms with Crippen molar-refractivity contribution in [2.24, 2.45) is 0 Å². The van der Waals surface area contributed by atoms with Gasteiger partial charge in [0.15, 0.2) is 5.60 Å². The number of likely N-dealkylation sites (tertiary alicyclic amines) is 1. The number of carboxylic acids is 1. The fourth-order valence-corrected chi connectivity index (χ4v) is 3.33. The van der Waals surface area contributed by atoms with E-state index in [1.54, 1.807) is 4.90 Å². The molecule has 0 radical (unpaired) electrons. The van der Waals surface area contributed by atoms with Crippen LogP contribution in [0.25, 0.3) is 10.9 Å². The van der Waals surface area contributed by atoms with E-state index in [1.807, 2.05) is 18.3 Å². The number of aryl methyl sites for hydroxylation is 1. The van der Waals surface area contributed by atoms with Crippen molar-refractivity contribution in [3.8, 4) is 0 Å². The molecule has 6 heteroatoms. The SMILES string of the molecule is CCc1cccc2c(CC(=O)N3CCC(O)(C(=O)O)CC3)c[nH]c12. The second-order valence-corrected chi connectivity index (χ2v) is 6.40. The molecule has 2 heterocycles. The van der Waals surface area contributed by atoms with Crippen molar-refractivity contribution >= 4 is 22.8 Å². The number of hydrogen-bond donors (Lipinski definition) is 3. The molecule has 1 fully saturated rings. The molecule has 128 valence electrons. The largest absolute Gasteiger partial charge is 0.479 e. The molecule has 0 atom stereocenters. The van der Waals surface area contributed by atoms with Gasteiger partial charge in [-0.1, -0.05) is 25.1 Å². The molecule has 3 rings (SSSR count). The summed E-state index contributed by atoms with van der Waals surface area (Å²) in [5.74, 6) is -1.25. The summed E-state index contributed by atoms with van der Waals surface area (Å²) in [5.41, 5.74) is 1.54. The van der Waals surface area contributed by atoms with Gasteiger partial charge >= 0.3 is 5.97 Å². The lowest BCUT2D eigenvalue weighted by Gasteiger charge is -2.35. The molecule has 1 saturated heterocycles. The number of aliphatic hydroxyl groups is 1. The van der Waals surface area contributed by atoms with Crippen molar-refractivity contribution in [2.75, 3.05) is 13.1 Å². The van der Waals surface area contributed by atoms with E-state index in [2.05, 4.69) is 18.0 Å². The van der Waals surface area contributed by atoms with Crippen molar-refractivity contribution in [2.45, 2.75) is 38.2 Å². The summed E-state index contributed by atoms with van der Waals surface area (Å²) in [5, 5.41) is 20.1. The van der Waals surface area contributed by atoms with Crippen LogP contribution in [-0.4, -0.2) is 50.7 Å². The van der Waals surface area contributed by atoms with Gasteiger partial charge in [0.05, 0.1) is 6.42 Å². The average molecular weight is 330 g/mol. The number of benzene rings is 1. The maximum absolute atomic E-state index is 12.5. The van der Waals surface area contributed by atoms with Crippen molar-refractivity contribution in [3.63, 3.8) is 0 Å². The Kier molecular flexibility index (Phi) is 4.32. The first-order chi connectivity index (χ1) is 11.4. The number of fused-ring (bicyclic) bond motifs is 1. The summed E-state index contributed by atoms with van der Waals surface area (Å²) in [4.78, 5) is 28.5. The number of carbonyl (C=O) groups is 2. The molecule has 1 aliphatic heterocycles. The third-order valence-corrected chi connectivity index (χ3v) is 4.95. The number of aliphatic carboxylic acids is 1. The lowest BCUT2D eigenvalue weighted by atomic mass is 9.91. The van der Waals surface area contributed by atoms with Crippen molar-refractivity contribution in [1.82, 2.24) is 9.88 Å². The lowest BCUT2D eigenvalue weighted by molar-refractivity contribution is -0.165. The highest BCUT2D eigenvalue weighted by Gasteiger charge is 2.40. The standard InChI is InChI=1S/C18H22N2O4/c1-2-12-4-3-5-14-13(11-19-16(12)14)10-15(21)20-8-6-18(24,7-9-20)17(22)23/h3-5,11,19,24H,2,6-10H2,1H3,(H,22,23). The first-order valence-electron chi connectivity index (χ1n) is 8.26. The fourth-order valence-electron chi connectivity index (χ4n) is 3.33. The van der Waals surface area contributed by atoms with Gasteiger partial charge in [-0.05, 0) is 17.5 Å². The second kappa shape index (κ2) is 6.28. The predicted octanol–water partition coefficient (Wildman–Crippen LogP) is 1.71. The Hall–Kier alpha value is -2.34. The summed E-state index contributed by atoms with van der Waals surface area (Å²) in [6.45, 7) is 2.63. The van der Waals surface area contributed by atoms with Crippen LogP contribution in [0, 0.1) is 0 Å². The fraction of sp³-hybridized carbons (Fsp3) is 0.444. The number of amides is 1. The van der Waals surface area contributed by atoms with Gasteiger partial charge in [-0.2, -0.15) is 0 Å². The molecule has 3 N–H and O–H groups in total. The van der Waals surface area contributed by atoms with Crippen LogP contribution in [0.2, 0.25) is 0 Å². The Bertz CT molecular complexity index is 772. The summed E-state index contributed by atoms with van der Waals surface area (Å²) in [6, 6.07) is 6.08. The lowest BCUT2D eigenvalue weighted by Crippen LogP contribution is -2.51. The van der Waals surface area contributed by atoms with Crippen molar-refractivity contribution < 1.29 is 19.8 Å². The minimum absolute atomic E-state index is 0.0368. The molecule has 1 amide bonds. The first-order valence-corrected chi connectivity index (χ1v) is 8.26. The normalized spacial score (nSPS) is 17.2. The zero-order valence-electron chi connectivity index (χ0n) is 13.7. The molecule has 6 nitrogen and oxygen atoms in total. The minimum atomic E-state index is -1.70. The highest BCUT2D eigenvalue weighted by atomic mass is 16.4. The van der Waals surface area contributed by atoms with Crippen molar-refractivity contribution in [1.29, 1.82) is 0 Å². The number of carbonyl (C=O) groups excluding carboxylic acids is 1. The van der Waals surface area contributed by atoms with Gasteiger partial charge in [-0.15, -0.1) is 0 Å². The molecule has 1 aliphatic rings. The number of hydrogen-bond acceptors (Lipinski definition) is 3. The van der Waals surface area contributed by atoms with Crippen LogP contribution < -0.4 is 0 Å². The molecule has 2 aromatic rings. The molecule has 0 unspecified atom stereocenters. The minimum Gasteiger partial charge on any atom is -0.479 e. The van der Waals surface area contributed by atoms with Crippen LogP contribution >= 0.6 is 0 Å². The third kappa shape index (κ3) is 2.89. The summed E-state index contributed by atoms with van der Waals surface area (Å²) < 4.78 is 0. The highest BCUT2D eigenvalue weighted by molar-refractivity contribution is 5.90. The number of H-pyrrole nitrogens is 1. The quantitative estimate of drug-likeness (QED) is 0.795. The molecular weight excluding hydrogens is 308 g/mol. The maximum atomic E-state index is 12.5. The summed E-state index contributed by atoms with van der Waals surface area (Å²) in [7, 11) is 0. The van der Waals surface area contributed by atoms with Crippen LogP contribution in [0.5, 0.6) is 0 Å². The number of aromatic nitrogens is 1. The van der Waals surface area contributed by atoms with E-state index in [0.717, 1.165) is 22.9 Å². The van der Waals surface area contributed by atoms with Gasteiger partial charge in [0, 0.05) is 43.0 Å². The molecule has 0 spiro atoms. The number of carboxylic acid groups (broad SMARTS) is 1. The van der Waals surface area contributed by atoms with E-state index in [4.69, 9.17) is 5.11 Å². The van der Waals surface area contributed by atoms with Crippen molar-refractivity contribution in [3.05, 3.63) is 35.5 Å². The Balaban J connectivity index is 1.71. The van der Waals surface area contributed by atoms with Gasteiger partial charge in [0.1, 0.15) is 0 Å². The van der Waals surface area contributed by atoms with E-state index in [9.17, 15) is 14.7 Å². The number of para-hydroxylation sites is 1. The number of aromatic amines is 1. The van der Waals surface area contributed by atoms with Gasteiger partial charge < -0.3 is 20.1 Å². The van der Waals surface area contributed by atoms with Crippen LogP contribution in [0.1, 0.15) is 30.9 Å². The van der Waals surface area contributed by atoms with Gasteiger partial charge in [0.25, 0.3) is 0 Å². The smallest absolute Gasteiger partial charge is 0.335 e. The summed E-state index contributed by atoms with van der Waals surface area (Å²) >= 11 is 0. The number of rotatable bonds is 4. The second-order valence-electron chi connectivity index (χ2n) is 6.40. The first kappa shape index (κ1) is 16.5. The Morgan fingerprint density at radius 3 is 2.58 bits per heavy atom. The number of nitrogens with zero attached hydrogens (tertiary/aromatic N) is 1. The third-order valence-electron chi connectivity index (χ3n) is 4.95. The highest BCUT2D eigenvalue weighted by Crippen LogP contribution is 2.25. The molecule has 0 saturated carbocycles. The molecule has 1 aromatic carbocycles.